The quantitative estimate of drug-likeness (QED) is 0.774. The standard InChI is InChI=1S/C15H20ClN3O3/c16-12-4-1-5-13(7-12)19-15(21)18-9-14(20)17-8-11-3-2-6-22-10-11/h1,4-5,7,11H,2-3,6,8-10H2,(H,17,20)(H2,18,19,21). The number of anilines is 1. The molecule has 0 bridgehead atoms. The normalized spacial score (nSPS) is 17.6. The fraction of sp³-hybridized carbons (Fsp3) is 0.467. The number of rotatable bonds is 5. The minimum Gasteiger partial charge on any atom is -0.381 e. The molecule has 0 radical (unpaired) electrons. The first kappa shape index (κ1) is 16.6. The first-order chi connectivity index (χ1) is 10.6. The van der Waals surface area contributed by atoms with Gasteiger partial charge in [0.25, 0.3) is 0 Å². The average molecular weight is 326 g/mol. The van der Waals surface area contributed by atoms with Crippen molar-refractivity contribution in [1.29, 1.82) is 0 Å². The summed E-state index contributed by atoms with van der Waals surface area (Å²) >= 11 is 5.82. The smallest absolute Gasteiger partial charge is 0.319 e. The lowest BCUT2D eigenvalue weighted by molar-refractivity contribution is -0.120. The third-order valence-corrected chi connectivity index (χ3v) is 3.57. The zero-order valence-electron chi connectivity index (χ0n) is 12.2. The van der Waals surface area contributed by atoms with Crippen molar-refractivity contribution in [3.63, 3.8) is 0 Å². The molecule has 0 spiro atoms. The molecule has 120 valence electrons. The maximum absolute atomic E-state index is 11.7. The first-order valence-corrected chi connectivity index (χ1v) is 7.66. The van der Waals surface area contributed by atoms with Gasteiger partial charge in [0, 0.05) is 23.9 Å². The Kier molecular flexibility index (Phi) is 6.48. The molecule has 0 saturated carbocycles. The number of amides is 3. The molecule has 1 fully saturated rings. The number of nitrogens with one attached hydrogen (secondary N) is 3. The first-order valence-electron chi connectivity index (χ1n) is 7.28. The van der Waals surface area contributed by atoms with Crippen LogP contribution in [0.4, 0.5) is 10.5 Å². The van der Waals surface area contributed by atoms with E-state index >= 15 is 0 Å². The van der Waals surface area contributed by atoms with Crippen molar-refractivity contribution in [3.8, 4) is 0 Å². The van der Waals surface area contributed by atoms with Crippen molar-refractivity contribution in [2.75, 3.05) is 31.6 Å². The van der Waals surface area contributed by atoms with Gasteiger partial charge in [0.15, 0.2) is 0 Å². The van der Waals surface area contributed by atoms with Crippen LogP contribution >= 0.6 is 11.6 Å². The van der Waals surface area contributed by atoms with Gasteiger partial charge in [-0.2, -0.15) is 0 Å². The zero-order chi connectivity index (χ0) is 15.8. The van der Waals surface area contributed by atoms with Crippen LogP contribution in [0.3, 0.4) is 0 Å². The second-order valence-corrected chi connectivity index (χ2v) is 5.64. The maximum Gasteiger partial charge on any atom is 0.319 e. The lowest BCUT2D eigenvalue weighted by atomic mass is 10.0. The summed E-state index contributed by atoms with van der Waals surface area (Å²) in [5.74, 6) is 0.143. The van der Waals surface area contributed by atoms with Gasteiger partial charge < -0.3 is 20.7 Å². The summed E-state index contributed by atoms with van der Waals surface area (Å²) in [6, 6.07) is 6.35. The fourth-order valence-corrected chi connectivity index (χ4v) is 2.38. The summed E-state index contributed by atoms with van der Waals surface area (Å²) < 4.78 is 5.35. The molecular weight excluding hydrogens is 306 g/mol. The molecule has 7 heteroatoms. The molecule has 22 heavy (non-hydrogen) atoms. The number of carbonyl (C=O) groups excluding carboxylic acids is 2. The number of ether oxygens (including phenoxy) is 1. The van der Waals surface area contributed by atoms with Crippen LogP contribution in [0.1, 0.15) is 12.8 Å². The summed E-state index contributed by atoms with van der Waals surface area (Å²) in [4.78, 5) is 23.3. The lowest BCUT2D eigenvalue weighted by Crippen LogP contribution is -2.41. The second kappa shape index (κ2) is 8.60. The van der Waals surface area contributed by atoms with E-state index < -0.39 is 6.03 Å². The average Bonchev–Trinajstić information content (AvgIpc) is 2.52. The number of urea groups is 1. The topological polar surface area (TPSA) is 79.5 Å². The van der Waals surface area contributed by atoms with Crippen LogP contribution in [-0.2, 0) is 9.53 Å². The van der Waals surface area contributed by atoms with Crippen molar-refractivity contribution >= 4 is 29.2 Å². The molecule has 1 aromatic rings. The van der Waals surface area contributed by atoms with Crippen molar-refractivity contribution in [1.82, 2.24) is 10.6 Å². The van der Waals surface area contributed by atoms with Crippen LogP contribution in [0, 0.1) is 5.92 Å². The van der Waals surface area contributed by atoms with E-state index in [2.05, 4.69) is 16.0 Å². The Morgan fingerprint density at radius 3 is 2.91 bits per heavy atom. The lowest BCUT2D eigenvalue weighted by Gasteiger charge is -2.22. The number of hydrogen-bond acceptors (Lipinski definition) is 3. The molecule has 1 unspecified atom stereocenters. The van der Waals surface area contributed by atoms with E-state index in [9.17, 15) is 9.59 Å². The van der Waals surface area contributed by atoms with Crippen molar-refractivity contribution in [2.24, 2.45) is 5.92 Å². The molecule has 1 atom stereocenters. The highest BCUT2D eigenvalue weighted by Gasteiger charge is 2.14. The minimum atomic E-state index is -0.446. The van der Waals surface area contributed by atoms with Gasteiger partial charge in [0.2, 0.25) is 5.91 Å². The second-order valence-electron chi connectivity index (χ2n) is 5.21. The summed E-state index contributed by atoms with van der Waals surface area (Å²) in [6.45, 7) is 2.00. The Labute approximate surface area is 134 Å². The van der Waals surface area contributed by atoms with Crippen LogP contribution in [0.2, 0.25) is 5.02 Å². The highest BCUT2D eigenvalue weighted by molar-refractivity contribution is 6.30. The summed E-state index contributed by atoms with van der Waals surface area (Å²) in [5, 5.41) is 8.44. The molecule has 1 heterocycles. The van der Waals surface area contributed by atoms with Crippen molar-refractivity contribution < 1.29 is 14.3 Å². The molecular formula is C15H20ClN3O3. The monoisotopic (exact) mass is 325 g/mol. The molecule has 1 aliphatic rings. The largest absolute Gasteiger partial charge is 0.381 e. The molecule has 1 aromatic carbocycles. The third-order valence-electron chi connectivity index (χ3n) is 3.33. The van der Waals surface area contributed by atoms with Gasteiger partial charge in [-0.1, -0.05) is 17.7 Å². The Morgan fingerprint density at radius 2 is 2.18 bits per heavy atom. The predicted octanol–water partition coefficient (Wildman–Crippen LogP) is 2.00. The highest BCUT2D eigenvalue weighted by atomic mass is 35.5. The van der Waals surface area contributed by atoms with E-state index in [0.29, 0.717) is 29.8 Å². The van der Waals surface area contributed by atoms with Gasteiger partial charge >= 0.3 is 6.03 Å². The molecule has 3 N–H and O–H groups in total. The van der Waals surface area contributed by atoms with Crippen LogP contribution < -0.4 is 16.0 Å². The van der Waals surface area contributed by atoms with Gasteiger partial charge in [-0.3, -0.25) is 4.79 Å². The molecule has 1 aliphatic heterocycles. The molecule has 0 aliphatic carbocycles. The van der Waals surface area contributed by atoms with Gasteiger partial charge in [0.1, 0.15) is 0 Å². The van der Waals surface area contributed by atoms with Crippen LogP contribution in [0.5, 0.6) is 0 Å². The molecule has 6 nitrogen and oxygen atoms in total. The van der Waals surface area contributed by atoms with Crippen molar-refractivity contribution in [2.45, 2.75) is 12.8 Å². The molecule has 3 amide bonds. The minimum absolute atomic E-state index is 0.0695. The fourth-order valence-electron chi connectivity index (χ4n) is 2.19. The molecule has 2 rings (SSSR count). The number of benzene rings is 1. The third kappa shape index (κ3) is 5.91. The van der Waals surface area contributed by atoms with E-state index in [1.807, 2.05) is 0 Å². The maximum atomic E-state index is 11.7. The number of halogens is 1. The predicted molar refractivity (Wildman–Crippen MR) is 85.0 cm³/mol. The zero-order valence-corrected chi connectivity index (χ0v) is 13.0. The van der Waals surface area contributed by atoms with E-state index in [-0.39, 0.29) is 12.5 Å². The van der Waals surface area contributed by atoms with Gasteiger partial charge in [0.05, 0.1) is 13.2 Å². The number of hydrogen-bond donors (Lipinski definition) is 3. The van der Waals surface area contributed by atoms with Crippen molar-refractivity contribution in [3.05, 3.63) is 29.3 Å². The van der Waals surface area contributed by atoms with Gasteiger partial charge in [-0.15, -0.1) is 0 Å². The Morgan fingerprint density at radius 1 is 1.32 bits per heavy atom. The highest BCUT2D eigenvalue weighted by Crippen LogP contribution is 2.14. The van der Waals surface area contributed by atoms with E-state index in [1.54, 1.807) is 24.3 Å². The van der Waals surface area contributed by atoms with Crippen LogP contribution in [0.15, 0.2) is 24.3 Å². The Balaban J connectivity index is 1.64. The van der Waals surface area contributed by atoms with E-state index in [0.717, 1.165) is 19.4 Å². The van der Waals surface area contributed by atoms with Crippen LogP contribution in [0.25, 0.3) is 0 Å². The summed E-state index contributed by atoms with van der Waals surface area (Å²) in [5.41, 5.74) is 0.574. The molecule has 0 aromatic heterocycles. The Bertz CT molecular complexity index is 519. The van der Waals surface area contributed by atoms with E-state index in [1.165, 1.54) is 0 Å². The van der Waals surface area contributed by atoms with Crippen LogP contribution in [-0.4, -0.2) is 38.2 Å². The van der Waals surface area contributed by atoms with Gasteiger partial charge in [-0.25, -0.2) is 4.79 Å². The number of carbonyl (C=O) groups is 2. The Hall–Kier alpha value is -1.79. The summed E-state index contributed by atoms with van der Waals surface area (Å²) in [6.07, 6.45) is 2.09. The van der Waals surface area contributed by atoms with E-state index in [4.69, 9.17) is 16.3 Å². The summed E-state index contributed by atoms with van der Waals surface area (Å²) in [7, 11) is 0. The molecule has 1 saturated heterocycles. The SMILES string of the molecule is O=C(CNC(=O)Nc1cccc(Cl)c1)NCC1CCCOC1. The van der Waals surface area contributed by atoms with Gasteiger partial charge in [-0.05, 0) is 37.0 Å².